The summed E-state index contributed by atoms with van der Waals surface area (Å²) < 4.78 is 12.1. The highest BCUT2D eigenvalue weighted by atomic mass is 19.1. The summed E-state index contributed by atoms with van der Waals surface area (Å²) in [5.41, 5.74) is 3.11. The van der Waals surface area contributed by atoms with Gasteiger partial charge in [-0.3, -0.25) is 0 Å². The number of hydrogen-bond acceptors (Lipinski definition) is 0. The third kappa shape index (κ3) is 7.26. The smallest absolute Gasteiger partial charge is 0.0827 e. The van der Waals surface area contributed by atoms with E-state index in [1.165, 1.54) is 95.5 Å². The number of hydrogen-bond donors (Lipinski definition) is 0. The fraction of sp³-hybridized carbons (Fsp3) is 0.714. The zero-order valence-electron chi connectivity index (χ0n) is 18.8. The van der Waals surface area contributed by atoms with Crippen LogP contribution in [0.4, 0.5) is 4.39 Å². The zero-order valence-corrected chi connectivity index (χ0v) is 18.8. The number of allylic oxidation sites excluding steroid dienone is 1. The second kappa shape index (κ2) is 12.6. The van der Waals surface area contributed by atoms with E-state index in [-0.39, 0.29) is 0 Å². The maximum Gasteiger partial charge on any atom is 0.0827 e. The Kier molecular flexibility index (Phi) is 9.77. The maximum absolute atomic E-state index is 12.1. The van der Waals surface area contributed by atoms with Crippen molar-refractivity contribution in [1.82, 2.24) is 0 Å². The summed E-state index contributed by atoms with van der Waals surface area (Å²) in [6.07, 6.45) is 22.4. The molecule has 2 saturated carbocycles. The third-order valence-electron chi connectivity index (χ3n) is 7.93. The Morgan fingerprint density at radius 3 is 2.10 bits per heavy atom. The van der Waals surface area contributed by atoms with Crippen LogP contribution < -0.4 is 0 Å². The van der Waals surface area contributed by atoms with Crippen LogP contribution in [0.1, 0.15) is 114 Å². The monoisotopic (exact) mass is 398 g/mol. The first kappa shape index (κ1) is 22.6. The number of unbranched alkanes of at least 4 members (excludes halogenated alkanes) is 3. The minimum absolute atomic E-state index is 0.714. The first-order chi connectivity index (χ1) is 14.3. The lowest BCUT2D eigenvalue weighted by atomic mass is 9.68. The van der Waals surface area contributed by atoms with E-state index in [1.54, 1.807) is 11.6 Å². The lowest BCUT2D eigenvalue weighted by Gasteiger charge is -2.38. The molecule has 0 aliphatic heterocycles. The molecule has 29 heavy (non-hydrogen) atoms. The standard InChI is InChI=1S/C28H43F/c1-2-3-4-5-8-23-10-14-25(15-11-23)27-18-20-28(21-19-27)26-16-12-24(13-17-26)9-6-7-22-29/h7,10-11,14-15,22,24,26-28H,2-6,8-9,12-13,16-21H2,1H3/b22-7+/t24-,26-,27-,28-. The van der Waals surface area contributed by atoms with Gasteiger partial charge in [-0.05, 0) is 99.0 Å². The second-order valence-electron chi connectivity index (χ2n) is 9.88. The van der Waals surface area contributed by atoms with E-state index in [2.05, 4.69) is 31.2 Å². The van der Waals surface area contributed by atoms with Crippen LogP contribution in [0.2, 0.25) is 0 Å². The normalized spacial score (nSPS) is 28.1. The van der Waals surface area contributed by atoms with Crippen LogP contribution in [0.25, 0.3) is 0 Å². The molecular formula is C28H43F. The summed E-state index contributed by atoms with van der Waals surface area (Å²) in [6, 6.07) is 9.65. The summed E-state index contributed by atoms with van der Waals surface area (Å²) in [6.45, 7) is 2.28. The predicted octanol–water partition coefficient (Wildman–Crippen LogP) is 9.15. The van der Waals surface area contributed by atoms with E-state index in [0.29, 0.717) is 6.33 Å². The average Bonchev–Trinajstić information content (AvgIpc) is 2.78. The van der Waals surface area contributed by atoms with Gasteiger partial charge in [-0.25, -0.2) is 4.39 Å². The largest absolute Gasteiger partial charge is 0.216 e. The van der Waals surface area contributed by atoms with E-state index in [9.17, 15) is 4.39 Å². The van der Waals surface area contributed by atoms with Gasteiger partial charge < -0.3 is 0 Å². The van der Waals surface area contributed by atoms with Crippen molar-refractivity contribution in [1.29, 1.82) is 0 Å². The minimum atomic E-state index is 0.714. The molecule has 0 N–H and O–H groups in total. The molecular weight excluding hydrogens is 355 g/mol. The van der Waals surface area contributed by atoms with Crippen molar-refractivity contribution < 1.29 is 4.39 Å². The molecule has 0 aromatic heterocycles. The average molecular weight is 399 g/mol. The van der Waals surface area contributed by atoms with Crippen molar-refractivity contribution in [2.75, 3.05) is 0 Å². The van der Waals surface area contributed by atoms with Gasteiger partial charge in [-0.15, -0.1) is 0 Å². The zero-order chi connectivity index (χ0) is 20.3. The Balaban J connectivity index is 1.37. The second-order valence-corrected chi connectivity index (χ2v) is 9.88. The highest BCUT2D eigenvalue weighted by molar-refractivity contribution is 5.26. The topological polar surface area (TPSA) is 0 Å². The summed E-state index contributed by atoms with van der Waals surface area (Å²) in [4.78, 5) is 0. The predicted molar refractivity (Wildman–Crippen MR) is 124 cm³/mol. The number of aryl methyl sites for hydroxylation is 1. The van der Waals surface area contributed by atoms with Crippen LogP contribution in [-0.2, 0) is 6.42 Å². The Bertz CT molecular complexity index is 571. The van der Waals surface area contributed by atoms with Crippen LogP contribution in [-0.4, -0.2) is 0 Å². The molecule has 2 aliphatic carbocycles. The Morgan fingerprint density at radius 1 is 0.828 bits per heavy atom. The summed E-state index contributed by atoms with van der Waals surface area (Å²) in [5, 5.41) is 0. The van der Waals surface area contributed by atoms with Gasteiger partial charge in [0.2, 0.25) is 0 Å². The Labute approximate surface area is 179 Å². The first-order valence-electron chi connectivity index (χ1n) is 12.6. The molecule has 3 rings (SSSR count). The molecule has 0 bridgehead atoms. The maximum atomic E-state index is 12.1. The van der Waals surface area contributed by atoms with Gasteiger partial charge in [0.15, 0.2) is 0 Å². The van der Waals surface area contributed by atoms with Crippen LogP contribution in [0.3, 0.4) is 0 Å². The van der Waals surface area contributed by atoms with Crippen molar-refractivity contribution in [2.45, 2.75) is 109 Å². The highest BCUT2D eigenvalue weighted by Gasteiger charge is 2.31. The van der Waals surface area contributed by atoms with Crippen molar-refractivity contribution in [3.05, 3.63) is 47.8 Å². The van der Waals surface area contributed by atoms with E-state index < -0.39 is 0 Å². The van der Waals surface area contributed by atoms with E-state index in [1.807, 2.05) is 0 Å². The summed E-state index contributed by atoms with van der Waals surface area (Å²) in [7, 11) is 0. The van der Waals surface area contributed by atoms with Crippen molar-refractivity contribution in [3.8, 4) is 0 Å². The van der Waals surface area contributed by atoms with Crippen molar-refractivity contribution >= 4 is 0 Å². The van der Waals surface area contributed by atoms with Gasteiger partial charge >= 0.3 is 0 Å². The molecule has 1 heteroatoms. The van der Waals surface area contributed by atoms with Crippen molar-refractivity contribution in [2.24, 2.45) is 17.8 Å². The molecule has 0 heterocycles. The molecule has 0 atom stereocenters. The van der Waals surface area contributed by atoms with Crippen LogP contribution >= 0.6 is 0 Å². The molecule has 0 saturated heterocycles. The molecule has 0 spiro atoms. The quantitative estimate of drug-likeness (QED) is 0.345. The fourth-order valence-electron chi connectivity index (χ4n) is 5.98. The van der Waals surface area contributed by atoms with Gasteiger partial charge in [0.05, 0.1) is 6.33 Å². The Hall–Kier alpha value is -1.11. The molecule has 0 nitrogen and oxygen atoms in total. The van der Waals surface area contributed by atoms with E-state index >= 15 is 0 Å². The lowest BCUT2D eigenvalue weighted by Crippen LogP contribution is -2.25. The third-order valence-corrected chi connectivity index (χ3v) is 7.93. The molecule has 2 aliphatic rings. The van der Waals surface area contributed by atoms with E-state index in [0.717, 1.165) is 30.1 Å². The molecule has 0 unspecified atom stereocenters. The number of rotatable bonds is 10. The molecule has 162 valence electrons. The number of halogens is 1. The van der Waals surface area contributed by atoms with Gasteiger partial charge in [-0.2, -0.15) is 0 Å². The van der Waals surface area contributed by atoms with Gasteiger partial charge in [-0.1, -0.05) is 69.4 Å². The summed E-state index contributed by atoms with van der Waals surface area (Å²) in [5.74, 6) is 3.58. The minimum Gasteiger partial charge on any atom is -0.216 e. The SMILES string of the molecule is CCCCCCc1ccc([C@H]2CC[C@H]([C@H]3CC[C@H](CC/C=C/F)CC3)CC2)cc1. The molecule has 1 aromatic rings. The Morgan fingerprint density at radius 2 is 1.48 bits per heavy atom. The van der Waals surface area contributed by atoms with Gasteiger partial charge in [0.1, 0.15) is 0 Å². The highest BCUT2D eigenvalue weighted by Crippen LogP contribution is 2.44. The van der Waals surface area contributed by atoms with Crippen molar-refractivity contribution in [3.63, 3.8) is 0 Å². The van der Waals surface area contributed by atoms with Crippen LogP contribution in [0.5, 0.6) is 0 Å². The van der Waals surface area contributed by atoms with Crippen LogP contribution in [0, 0.1) is 17.8 Å². The van der Waals surface area contributed by atoms with Gasteiger partial charge in [0.25, 0.3) is 0 Å². The molecule has 2 fully saturated rings. The lowest BCUT2D eigenvalue weighted by molar-refractivity contribution is 0.157. The fourth-order valence-corrected chi connectivity index (χ4v) is 5.98. The molecule has 1 aromatic carbocycles. The first-order valence-corrected chi connectivity index (χ1v) is 12.6. The van der Waals surface area contributed by atoms with Crippen LogP contribution in [0.15, 0.2) is 36.7 Å². The molecule has 0 radical (unpaired) electrons. The summed E-state index contributed by atoms with van der Waals surface area (Å²) >= 11 is 0. The number of benzene rings is 1. The van der Waals surface area contributed by atoms with E-state index in [4.69, 9.17) is 0 Å². The molecule has 0 amide bonds. The van der Waals surface area contributed by atoms with Gasteiger partial charge in [0, 0.05) is 0 Å².